The Bertz CT molecular complexity index is 689. The summed E-state index contributed by atoms with van der Waals surface area (Å²) in [5.41, 5.74) is 0.376. The molecule has 0 aliphatic rings. The molecule has 4 nitrogen and oxygen atoms in total. The third kappa shape index (κ3) is 2.93. The Labute approximate surface area is 119 Å². The topological polar surface area (TPSA) is 50.3 Å². The molecule has 19 heavy (non-hydrogen) atoms. The van der Waals surface area contributed by atoms with Crippen molar-refractivity contribution in [2.45, 2.75) is 4.90 Å². The second-order valence-corrected chi connectivity index (χ2v) is 6.67. The summed E-state index contributed by atoms with van der Waals surface area (Å²) >= 11 is 3.17. The van der Waals surface area contributed by atoms with Crippen LogP contribution >= 0.6 is 15.9 Å². The van der Waals surface area contributed by atoms with Crippen LogP contribution in [0.15, 0.2) is 52.1 Å². The van der Waals surface area contributed by atoms with Crippen molar-refractivity contribution >= 4 is 31.6 Å². The lowest BCUT2D eigenvalue weighted by Crippen LogP contribution is -2.26. The Morgan fingerprint density at radius 1 is 1.21 bits per heavy atom. The van der Waals surface area contributed by atoms with E-state index in [1.807, 2.05) is 0 Å². The van der Waals surface area contributed by atoms with E-state index in [1.165, 1.54) is 49.8 Å². The third-order valence-electron chi connectivity index (χ3n) is 2.53. The molecule has 0 aliphatic heterocycles. The van der Waals surface area contributed by atoms with Gasteiger partial charge < -0.3 is 0 Å². The first-order chi connectivity index (χ1) is 8.91. The Morgan fingerprint density at radius 2 is 1.84 bits per heavy atom. The number of hydrogen-bond acceptors (Lipinski definition) is 3. The van der Waals surface area contributed by atoms with Crippen LogP contribution in [0, 0.1) is 5.82 Å². The minimum absolute atomic E-state index is 0.0636. The summed E-state index contributed by atoms with van der Waals surface area (Å²) in [6.45, 7) is 0. The van der Waals surface area contributed by atoms with Gasteiger partial charge in [0.05, 0.1) is 5.69 Å². The van der Waals surface area contributed by atoms with Crippen molar-refractivity contribution in [1.82, 2.24) is 4.98 Å². The number of hydrogen-bond donors (Lipinski definition) is 0. The standard InChI is InChI=1S/C12H10BrFN2O2S/c1-16(11-4-2-10(14)3-5-11)19(17,18)12-6-9(13)7-15-8-12/h2-8H,1H3. The van der Waals surface area contributed by atoms with Gasteiger partial charge in [-0.15, -0.1) is 0 Å². The number of nitrogens with zero attached hydrogens (tertiary/aromatic N) is 2. The zero-order valence-electron chi connectivity index (χ0n) is 9.92. The molecule has 0 saturated carbocycles. The van der Waals surface area contributed by atoms with Gasteiger partial charge in [0.15, 0.2) is 0 Å². The van der Waals surface area contributed by atoms with E-state index in [-0.39, 0.29) is 4.90 Å². The van der Waals surface area contributed by atoms with Crippen LogP contribution in [0.3, 0.4) is 0 Å². The van der Waals surface area contributed by atoms with Gasteiger partial charge in [-0.1, -0.05) is 0 Å². The summed E-state index contributed by atoms with van der Waals surface area (Å²) in [5.74, 6) is -0.418. The monoisotopic (exact) mass is 344 g/mol. The van der Waals surface area contributed by atoms with Crippen molar-refractivity contribution in [3.63, 3.8) is 0 Å². The van der Waals surface area contributed by atoms with Crippen molar-refractivity contribution in [3.8, 4) is 0 Å². The van der Waals surface area contributed by atoms with Crippen LogP contribution in [-0.2, 0) is 10.0 Å². The van der Waals surface area contributed by atoms with Gasteiger partial charge in [-0.25, -0.2) is 12.8 Å². The molecule has 7 heteroatoms. The van der Waals surface area contributed by atoms with E-state index in [2.05, 4.69) is 20.9 Å². The van der Waals surface area contributed by atoms with E-state index < -0.39 is 15.8 Å². The minimum atomic E-state index is -3.71. The summed E-state index contributed by atoms with van der Waals surface area (Å²) in [5, 5.41) is 0. The zero-order chi connectivity index (χ0) is 14.0. The number of sulfonamides is 1. The molecule has 0 bridgehead atoms. The summed E-state index contributed by atoms with van der Waals surface area (Å²) in [7, 11) is -2.30. The van der Waals surface area contributed by atoms with Gasteiger partial charge in [-0.2, -0.15) is 0 Å². The molecular formula is C12H10BrFN2O2S. The molecule has 0 atom stereocenters. The van der Waals surface area contributed by atoms with E-state index in [9.17, 15) is 12.8 Å². The van der Waals surface area contributed by atoms with E-state index in [0.29, 0.717) is 10.2 Å². The second kappa shape index (κ2) is 5.26. The smallest absolute Gasteiger partial charge is 0.265 e. The molecular weight excluding hydrogens is 335 g/mol. The van der Waals surface area contributed by atoms with Gasteiger partial charge >= 0.3 is 0 Å². The summed E-state index contributed by atoms with van der Waals surface area (Å²) < 4.78 is 39.2. The average molecular weight is 345 g/mol. The number of aromatic nitrogens is 1. The van der Waals surface area contributed by atoms with Gasteiger partial charge in [-0.3, -0.25) is 9.29 Å². The predicted octanol–water partition coefficient (Wildman–Crippen LogP) is 2.81. The summed E-state index contributed by atoms with van der Waals surface area (Å²) in [6, 6.07) is 6.68. The average Bonchev–Trinajstić information content (AvgIpc) is 2.39. The normalized spacial score (nSPS) is 11.3. The van der Waals surface area contributed by atoms with Gasteiger partial charge in [0.25, 0.3) is 10.0 Å². The van der Waals surface area contributed by atoms with Crippen molar-refractivity contribution in [1.29, 1.82) is 0 Å². The Morgan fingerprint density at radius 3 is 2.42 bits per heavy atom. The summed E-state index contributed by atoms with van der Waals surface area (Å²) in [4.78, 5) is 3.89. The molecule has 0 fully saturated rings. The number of benzene rings is 1. The van der Waals surface area contributed by atoms with Crippen LogP contribution in [0.5, 0.6) is 0 Å². The number of anilines is 1. The molecule has 1 aromatic carbocycles. The van der Waals surface area contributed by atoms with Crippen LogP contribution < -0.4 is 4.31 Å². The van der Waals surface area contributed by atoms with E-state index in [0.717, 1.165) is 4.31 Å². The van der Waals surface area contributed by atoms with Crippen molar-refractivity contribution in [2.75, 3.05) is 11.4 Å². The molecule has 0 spiro atoms. The highest BCUT2D eigenvalue weighted by atomic mass is 79.9. The Kier molecular flexibility index (Phi) is 3.86. The largest absolute Gasteiger partial charge is 0.269 e. The Balaban J connectivity index is 2.42. The molecule has 1 aromatic heterocycles. The Hall–Kier alpha value is -1.47. The lowest BCUT2D eigenvalue weighted by atomic mass is 10.3. The number of pyridine rings is 1. The van der Waals surface area contributed by atoms with Crippen molar-refractivity contribution in [3.05, 3.63) is 53.0 Å². The SMILES string of the molecule is CN(c1ccc(F)cc1)S(=O)(=O)c1cncc(Br)c1. The third-order valence-corrected chi connectivity index (χ3v) is 4.71. The van der Waals surface area contributed by atoms with Crippen molar-refractivity contribution in [2.24, 2.45) is 0 Å². The van der Waals surface area contributed by atoms with Crippen LogP contribution in [0.25, 0.3) is 0 Å². The maximum Gasteiger partial charge on any atom is 0.265 e. The van der Waals surface area contributed by atoms with Gasteiger partial charge in [-0.05, 0) is 46.3 Å². The van der Waals surface area contributed by atoms with Crippen molar-refractivity contribution < 1.29 is 12.8 Å². The molecule has 0 aliphatic carbocycles. The lowest BCUT2D eigenvalue weighted by Gasteiger charge is -2.19. The molecule has 0 unspecified atom stereocenters. The molecule has 0 amide bonds. The first-order valence-corrected chi connectivity index (χ1v) is 7.49. The fraction of sp³-hybridized carbons (Fsp3) is 0.0833. The summed E-state index contributed by atoms with van der Waals surface area (Å²) in [6.07, 6.45) is 2.76. The van der Waals surface area contributed by atoms with Gasteiger partial charge in [0.1, 0.15) is 10.7 Å². The van der Waals surface area contributed by atoms with Crippen LogP contribution in [-0.4, -0.2) is 20.4 Å². The minimum Gasteiger partial charge on any atom is -0.269 e. The molecule has 0 N–H and O–H groups in total. The predicted molar refractivity (Wildman–Crippen MR) is 73.9 cm³/mol. The maximum absolute atomic E-state index is 12.8. The highest BCUT2D eigenvalue weighted by molar-refractivity contribution is 9.10. The maximum atomic E-state index is 12.8. The highest BCUT2D eigenvalue weighted by Gasteiger charge is 2.21. The van der Waals surface area contributed by atoms with E-state index in [1.54, 1.807) is 0 Å². The van der Waals surface area contributed by atoms with Gasteiger partial charge in [0.2, 0.25) is 0 Å². The van der Waals surface area contributed by atoms with Crippen LogP contribution in [0.4, 0.5) is 10.1 Å². The quantitative estimate of drug-likeness (QED) is 0.860. The number of rotatable bonds is 3. The molecule has 2 rings (SSSR count). The fourth-order valence-corrected chi connectivity index (χ4v) is 3.18. The van der Waals surface area contributed by atoms with Gasteiger partial charge in [0, 0.05) is 23.9 Å². The zero-order valence-corrected chi connectivity index (χ0v) is 12.3. The van der Waals surface area contributed by atoms with E-state index >= 15 is 0 Å². The molecule has 1 heterocycles. The lowest BCUT2D eigenvalue weighted by molar-refractivity contribution is 0.593. The molecule has 0 radical (unpaired) electrons. The number of halogens is 2. The first kappa shape index (κ1) is 14.0. The fourth-order valence-electron chi connectivity index (χ4n) is 1.48. The first-order valence-electron chi connectivity index (χ1n) is 5.26. The molecule has 2 aromatic rings. The second-order valence-electron chi connectivity index (χ2n) is 3.79. The highest BCUT2D eigenvalue weighted by Crippen LogP contribution is 2.23. The van der Waals surface area contributed by atoms with Crippen LogP contribution in [0.1, 0.15) is 0 Å². The van der Waals surface area contributed by atoms with Crippen LogP contribution in [0.2, 0.25) is 0 Å². The molecule has 100 valence electrons. The molecule has 0 saturated heterocycles. The van der Waals surface area contributed by atoms with E-state index in [4.69, 9.17) is 0 Å².